The van der Waals surface area contributed by atoms with Crippen LogP contribution in [0.5, 0.6) is 0 Å². The lowest BCUT2D eigenvalue weighted by molar-refractivity contribution is -1.04. The molecule has 1 aromatic rings. The number of unbranched alkanes of at least 4 members (excludes halogenated alkanes) is 7. The van der Waals surface area contributed by atoms with Gasteiger partial charge in [-0.05, 0) is 36.8 Å². The van der Waals surface area contributed by atoms with Gasteiger partial charge in [0.25, 0.3) is 0 Å². The Bertz CT molecular complexity index is 906. The normalized spacial score (nSPS) is 45.1. The van der Waals surface area contributed by atoms with Crippen LogP contribution in [0.1, 0.15) is 90.0 Å². The average molecular weight is 468 g/mol. The van der Waals surface area contributed by atoms with Gasteiger partial charge < -0.3 is 15.1 Å². The van der Waals surface area contributed by atoms with Gasteiger partial charge in [-0.3, -0.25) is 4.48 Å². The highest BCUT2D eigenvalue weighted by Crippen LogP contribution is 2.71. The fourth-order valence-corrected chi connectivity index (χ4v) is 10.4. The Kier molecular flexibility index (Phi) is 5.82. The number of rotatable bonds is 10. The van der Waals surface area contributed by atoms with E-state index in [0.29, 0.717) is 35.9 Å². The molecule has 34 heavy (non-hydrogen) atoms. The van der Waals surface area contributed by atoms with Crippen LogP contribution in [0.15, 0.2) is 24.3 Å². The van der Waals surface area contributed by atoms with Crippen LogP contribution < -0.4 is 4.90 Å². The van der Waals surface area contributed by atoms with Gasteiger partial charge >= 0.3 is 0 Å². The van der Waals surface area contributed by atoms with Crippen molar-refractivity contribution in [2.75, 3.05) is 18.5 Å². The number of anilines is 1. The Balaban J connectivity index is 1.31. The van der Waals surface area contributed by atoms with Crippen molar-refractivity contribution >= 4 is 5.69 Å². The molecule has 5 bridgehead atoms. The van der Waals surface area contributed by atoms with Crippen molar-refractivity contribution in [2.24, 2.45) is 17.8 Å². The number of hydrogen-bond acceptors (Lipinski definition) is 3. The smallest absolute Gasteiger partial charge is 0.194 e. The molecule has 4 saturated heterocycles. The number of hydrogen-bond donors (Lipinski definition) is 2. The maximum Gasteiger partial charge on any atom is 0.194 e. The lowest BCUT2D eigenvalue weighted by atomic mass is 9.60. The van der Waals surface area contributed by atoms with Gasteiger partial charge in [-0.25, -0.2) is 0 Å². The maximum absolute atomic E-state index is 12.1. The lowest BCUT2D eigenvalue weighted by Crippen LogP contribution is -2.83. The van der Waals surface area contributed by atoms with E-state index in [0.717, 1.165) is 23.9 Å². The summed E-state index contributed by atoms with van der Waals surface area (Å²) in [6.07, 6.45) is 13.4. The van der Waals surface area contributed by atoms with Crippen molar-refractivity contribution in [1.29, 1.82) is 0 Å². The van der Waals surface area contributed by atoms with Crippen LogP contribution in [-0.4, -0.2) is 58.7 Å². The van der Waals surface area contributed by atoms with Crippen molar-refractivity contribution in [2.45, 2.75) is 120 Å². The van der Waals surface area contributed by atoms with E-state index in [4.69, 9.17) is 0 Å². The molecule has 1 aromatic carbocycles. The van der Waals surface area contributed by atoms with Crippen molar-refractivity contribution in [3.05, 3.63) is 29.8 Å². The Hall–Kier alpha value is -1.10. The molecule has 0 aromatic heterocycles. The predicted octanol–water partition coefficient (Wildman–Crippen LogP) is 5.21. The number of fused-ring (bicyclic) bond motifs is 2. The van der Waals surface area contributed by atoms with Gasteiger partial charge in [-0.2, -0.15) is 0 Å². The predicted molar refractivity (Wildman–Crippen MR) is 138 cm³/mol. The Labute approximate surface area is 206 Å². The van der Waals surface area contributed by atoms with Gasteiger partial charge in [0.2, 0.25) is 0 Å². The molecule has 4 nitrogen and oxygen atoms in total. The third-order valence-corrected chi connectivity index (χ3v) is 11.5. The highest BCUT2D eigenvalue weighted by atomic mass is 16.3. The standard InChI is InChI=1S/C30H47N2O2/c1-4-6-7-8-9-10-11-14-17-32-24-18-21(20(5-2)29(32)34)26-25(32)19-30(28(26)33)22-15-12-13-16-23(22)31(3)27(24)30/h12-13,15-16,20-21,24-29,33-34H,4-11,14,17-19H2,1-3H3/q+1/t20-,21-,24?,25-,26?,27-,28-,29+,30?,32?/m0/s1. The summed E-state index contributed by atoms with van der Waals surface area (Å²) in [4.78, 5) is 2.52. The van der Waals surface area contributed by atoms with Gasteiger partial charge in [-0.15, -0.1) is 0 Å². The van der Waals surface area contributed by atoms with Crippen molar-refractivity contribution in [1.82, 2.24) is 0 Å². The quantitative estimate of drug-likeness (QED) is 0.367. The maximum atomic E-state index is 12.1. The molecule has 1 saturated carbocycles. The van der Waals surface area contributed by atoms with Gasteiger partial charge in [-0.1, -0.05) is 70.6 Å². The number of likely N-dealkylation sites (N-methyl/N-ethyl adjacent to an activating group) is 1. The second kappa shape index (κ2) is 8.49. The molecule has 5 fully saturated rings. The second-order valence-corrected chi connectivity index (χ2v) is 12.6. The largest absolute Gasteiger partial charge is 0.392 e. The van der Waals surface area contributed by atoms with Crippen LogP contribution in [0.4, 0.5) is 5.69 Å². The molecule has 5 aliphatic heterocycles. The third-order valence-electron chi connectivity index (χ3n) is 11.5. The SMILES string of the molecule is CCCCCCCCCC[N+]12C3C[C@H](C4[C@H](O)C5(C[C@@H]41)c1ccccc1N(C)[C@@H]35)[C@H](CC)[C@H]2O. The topological polar surface area (TPSA) is 43.7 Å². The van der Waals surface area contributed by atoms with E-state index >= 15 is 0 Å². The molecule has 6 aliphatic rings. The summed E-state index contributed by atoms with van der Waals surface area (Å²) in [5, 5.41) is 24.2. The molecule has 0 amide bonds. The molecule has 1 spiro atoms. The van der Waals surface area contributed by atoms with E-state index in [-0.39, 0.29) is 17.7 Å². The Morgan fingerprint density at radius 2 is 1.68 bits per heavy atom. The first-order valence-corrected chi connectivity index (χ1v) is 14.6. The first-order chi connectivity index (χ1) is 16.5. The minimum Gasteiger partial charge on any atom is -0.392 e. The van der Waals surface area contributed by atoms with Crippen LogP contribution in [-0.2, 0) is 5.41 Å². The van der Waals surface area contributed by atoms with E-state index in [1.54, 1.807) is 0 Å². The Morgan fingerprint density at radius 1 is 0.971 bits per heavy atom. The van der Waals surface area contributed by atoms with Gasteiger partial charge in [0.1, 0.15) is 6.04 Å². The highest BCUT2D eigenvalue weighted by Gasteiger charge is 2.82. The number of para-hydroxylation sites is 1. The monoisotopic (exact) mass is 467 g/mol. The molecule has 10 atom stereocenters. The third kappa shape index (κ3) is 2.77. The van der Waals surface area contributed by atoms with Gasteiger partial charge in [0.15, 0.2) is 6.23 Å². The summed E-state index contributed by atoms with van der Waals surface area (Å²) in [6, 6.07) is 10.1. The van der Waals surface area contributed by atoms with Crippen molar-refractivity contribution < 1.29 is 14.7 Å². The van der Waals surface area contributed by atoms with E-state index < -0.39 is 0 Å². The zero-order valence-corrected chi connectivity index (χ0v) is 21.7. The van der Waals surface area contributed by atoms with Gasteiger partial charge in [0, 0.05) is 37.4 Å². The summed E-state index contributed by atoms with van der Waals surface area (Å²) in [5.41, 5.74) is 2.58. The zero-order valence-electron chi connectivity index (χ0n) is 21.7. The summed E-state index contributed by atoms with van der Waals surface area (Å²) in [7, 11) is 2.27. The zero-order chi connectivity index (χ0) is 23.7. The van der Waals surface area contributed by atoms with E-state index in [2.05, 4.69) is 50.1 Å². The van der Waals surface area contributed by atoms with Crippen molar-refractivity contribution in [3.8, 4) is 0 Å². The van der Waals surface area contributed by atoms with Crippen LogP contribution in [0.2, 0.25) is 0 Å². The first kappa shape index (κ1) is 23.3. The minimum absolute atomic E-state index is 0.135. The lowest BCUT2D eigenvalue weighted by Gasteiger charge is -2.68. The summed E-state index contributed by atoms with van der Waals surface area (Å²) < 4.78 is 0.900. The fourth-order valence-electron chi connectivity index (χ4n) is 10.4. The molecule has 0 radical (unpaired) electrons. The van der Waals surface area contributed by atoms with E-state index in [1.165, 1.54) is 69.0 Å². The Morgan fingerprint density at radius 3 is 2.41 bits per heavy atom. The average Bonchev–Trinajstić information content (AvgIpc) is 3.23. The molecule has 7 rings (SSSR count). The van der Waals surface area contributed by atoms with Gasteiger partial charge in [0.05, 0.1) is 30.1 Å². The number of quaternary nitrogens is 1. The molecule has 5 heterocycles. The fraction of sp³-hybridized carbons (Fsp3) is 0.800. The highest BCUT2D eigenvalue weighted by molar-refractivity contribution is 5.66. The minimum atomic E-state index is -0.274. The summed E-state index contributed by atoms with van der Waals surface area (Å²) in [5.74, 6) is 1.17. The number of piperidine rings is 4. The molecule has 188 valence electrons. The van der Waals surface area contributed by atoms with E-state index in [1.807, 2.05) is 0 Å². The van der Waals surface area contributed by atoms with Crippen LogP contribution in [0.25, 0.3) is 0 Å². The van der Waals surface area contributed by atoms with Crippen LogP contribution in [0, 0.1) is 17.8 Å². The number of benzene rings is 1. The molecule has 4 unspecified atom stereocenters. The van der Waals surface area contributed by atoms with E-state index in [9.17, 15) is 10.2 Å². The summed E-state index contributed by atoms with van der Waals surface area (Å²) >= 11 is 0. The second-order valence-electron chi connectivity index (χ2n) is 12.6. The molecule has 4 heteroatoms. The molecule has 1 aliphatic carbocycles. The summed E-state index contributed by atoms with van der Waals surface area (Å²) in [6.45, 7) is 5.66. The number of aliphatic hydroxyl groups excluding tert-OH is 2. The number of aliphatic hydroxyl groups is 2. The van der Waals surface area contributed by atoms with Crippen LogP contribution in [0.3, 0.4) is 0 Å². The van der Waals surface area contributed by atoms with Crippen molar-refractivity contribution in [3.63, 3.8) is 0 Å². The number of nitrogens with zero attached hydrogens (tertiary/aromatic N) is 2. The van der Waals surface area contributed by atoms with Crippen LogP contribution >= 0.6 is 0 Å². The molecular weight excluding hydrogens is 420 g/mol. The molecule has 2 N–H and O–H groups in total. The molecular formula is C30H47N2O2+. The first-order valence-electron chi connectivity index (χ1n) is 14.6.